The molecule has 3 rings (SSSR count). The number of hydrogen-bond donors (Lipinski definition) is 1. The highest BCUT2D eigenvalue weighted by Gasteiger charge is 2.26. The molecule has 158 valence electrons. The summed E-state index contributed by atoms with van der Waals surface area (Å²) in [6.07, 6.45) is 0.589. The average Bonchev–Trinajstić information content (AvgIpc) is 2.72. The number of sulfonamides is 2. The number of hydrogen-bond acceptors (Lipinski definition) is 6. The number of benzene rings is 2. The Morgan fingerprint density at radius 3 is 2.41 bits per heavy atom. The van der Waals surface area contributed by atoms with Gasteiger partial charge in [-0.1, -0.05) is 6.07 Å². The van der Waals surface area contributed by atoms with Crippen LogP contribution in [-0.4, -0.2) is 47.7 Å². The normalized spacial score (nSPS) is 14.9. The number of fused-ring (bicyclic) bond motifs is 1. The van der Waals surface area contributed by atoms with E-state index in [1.54, 1.807) is 25.1 Å². The second kappa shape index (κ2) is 8.21. The third kappa shape index (κ3) is 4.49. The highest BCUT2D eigenvalue weighted by molar-refractivity contribution is 7.92. The summed E-state index contributed by atoms with van der Waals surface area (Å²) >= 11 is 0. The zero-order valence-corrected chi connectivity index (χ0v) is 18.1. The maximum absolute atomic E-state index is 12.9. The van der Waals surface area contributed by atoms with Gasteiger partial charge in [-0.3, -0.25) is 4.72 Å². The molecule has 0 atom stereocenters. The van der Waals surface area contributed by atoms with Crippen LogP contribution >= 0.6 is 0 Å². The van der Waals surface area contributed by atoms with Crippen LogP contribution in [0.5, 0.6) is 11.5 Å². The molecule has 0 aliphatic carbocycles. The van der Waals surface area contributed by atoms with Crippen molar-refractivity contribution < 1.29 is 26.3 Å². The monoisotopic (exact) mass is 440 g/mol. The first-order valence-corrected chi connectivity index (χ1v) is 12.1. The summed E-state index contributed by atoms with van der Waals surface area (Å²) in [4.78, 5) is -0.0488. The van der Waals surface area contributed by atoms with E-state index in [1.165, 1.54) is 30.7 Å². The molecule has 1 heterocycles. The van der Waals surface area contributed by atoms with Crippen LogP contribution in [0.2, 0.25) is 0 Å². The van der Waals surface area contributed by atoms with Gasteiger partial charge in [0.15, 0.2) is 0 Å². The van der Waals surface area contributed by atoms with Crippen LogP contribution in [0.3, 0.4) is 0 Å². The Bertz CT molecular complexity index is 1110. The van der Waals surface area contributed by atoms with Crippen molar-refractivity contribution in [2.45, 2.75) is 24.8 Å². The van der Waals surface area contributed by atoms with Gasteiger partial charge in [0.1, 0.15) is 16.4 Å². The Hall–Kier alpha value is -2.30. The van der Waals surface area contributed by atoms with Gasteiger partial charge in [-0.2, -0.15) is 4.31 Å². The summed E-state index contributed by atoms with van der Waals surface area (Å²) in [7, 11) is -4.42. The van der Waals surface area contributed by atoms with Crippen LogP contribution in [0.4, 0.5) is 5.69 Å². The first-order chi connectivity index (χ1) is 13.7. The van der Waals surface area contributed by atoms with Crippen molar-refractivity contribution in [2.75, 3.05) is 31.2 Å². The van der Waals surface area contributed by atoms with Gasteiger partial charge in [0.2, 0.25) is 10.0 Å². The summed E-state index contributed by atoms with van der Waals surface area (Å²) in [5.41, 5.74) is 2.14. The molecular formula is C19H24N2O6S2. The summed E-state index contributed by atoms with van der Waals surface area (Å²) in [5.74, 6) is 0.609. The zero-order chi connectivity index (χ0) is 21.2. The Morgan fingerprint density at radius 1 is 1.00 bits per heavy atom. The second-order valence-corrected chi connectivity index (χ2v) is 10.5. The molecule has 2 aromatic carbocycles. The first-order valence-electron chi connectivity index (χ1n) is 9.04. The third-order valence-electron chi connectivity index (χ3n) is 4.85. The quantitative estimate of drug-likeness (QED) is 0.708. The maximum Gasteiger partial charge on any atom is 0.265 e. The van der Waals surface area contributed by atoms with Crippen molar-refractivity contribution in [1.82, 2.24) is 4.31 Å². The molecule has 0 saturated carbocycles. The minimum absolute atomic E-state index is 0.0320. The molecule has 1 N–H and O–H groups in total. The lowest BCUT2D eigenvalue weighted by atomic mass is 10.0. The SMILES string of the molecule is CCS(=O)(=O)N1CCc2ccc(NS(=O)(=O)c3cc(OC)ccc3OC)cc2C1. The molecule has 29 heavy (non-hydrogen) atoms. The summed E-state index contributed by atoms with van der Waals surface area (Å²) < 4.78 is 64.5. The van der Waals surface area contributed by atoms with Crippen molar-refractivity contribution >= 4 is 25.7 Å². The fourth-order valence-electron chi connectivity index (χ4n) is 3.22. The summed E-state index contributed by atoms with van der Waals surface area (Å²) in [6, 6.07) is 9.69. The van der Waals surface area contributed by atoms with Crippen LogP contribution in [0.1, 0.15) is 18.1 Å². The molecule has 0 aromatic heterocycles. The largest absolute Gasteiger partial charge is 0.497 e. The molecule has 0 bridgehead atoms. The third-order valence-corrected chi connectivity index (χ3v) is 8.08. The number of nitrogens with one attached hydrogen (secondary N) is 1. The van der Waals surface area contributed by atoms with E-state index >= 15 is 0 Å². The highest BCUT2D eigenvalue weighted by Crippen LogP contribution is 2.31. The molecule has 0 amide bonds. The average molecular weight is 441 g/mol. The minimum atomic E-state index is -3.95. The lowest BCUT2D eigenvalue weighted by Gasteiger charge is -2.28. The Balaban J connectivity index is 1.91. The molecule has 0 unspecified atom stereocenters. The van der Waals surface area contributed by atoms with Gasteiger partial charge in [-0.15, -0.1) is 0 Å². The molecule has 0 spiro atoms. The second-order valence-electron chi connectivity index (χ2n) is 6.59. The van der Waals surface area contributed by atoms with Crippen LogP contribution in [0.25, 0.3) is 0 Å². The molecular weight excluding hydrogens is 416 g/mol. The van der Waals surface area contributed by atoms with Gasteiger partial charge in [-0.05, 0) is 48.7 Å². The van der Waals surface area contributed by atoms with Gasteiger partial charge >= 0.3 is 0 Å². The molecule has 0 radical (unpaired) electrons. The van der Waals surface area contributed by atoms with Crippen LogP contribution in [-0.2, 0) is 33.0 Å². The van der Waals surface area contributed by atoms with Gasteiger partial charge in [0.05, 0.1) is 20.0 Å². The Kier molecular flexibility index (Phi) is 6.06. The first kappa shape index (κ1) is 21.4. The molecule has 10 heteroatoms. The van der Waals surface area contributed by atoms with Crippen molar-refractivity contribution in [3.63, 3.8) is 0 Å². The smallest absolute Gasteiger partial charge is 0.265 e. The van der Waals surface area contributed by atoms with Crippen LogP contribution in [0.15, 0.2) is 41.3 Å². The van der Waals surface area contributed by atoms with E-state index in [9.17, 15) is 16.8 Å². The highest BCUT2D eigenvalue weighted by atomic mass is 32.2. The molecule has 0 fully saturated rings. The van der Waals surface area contributed by atoms with E-state index < -0.39 is 20.0 Å². The lowest BCUT2D eigenvalue weighted by Crippen LogP contribution is -2.36. The van der Waals surface area contributed by atoms with Crippen molar-refractivity contribution in [2.24, 2.45) is 0 Å². The molecule has 0 saturated heterocycles. The van der Waals surface area contributed by atoms with E-state index in [0.717, 1.165) is 11.1 Å². The zero-order valence-electron chi connectivity index (χ0n) is 16.5. The minimum Gasteiger partial charge on any atom is -0.497 e. The molecule has 8 nitrogen and oxygen atoms in total. The van der Waals surface area contributed by atoms with E-state index in [4.69, 9.17) is 9.47 Å². The maximum atomic E-state index is 12.9. The molecule has 1 aliphatic heterocycles. The number of nitrogens with zero attached hydrogens (tertiary/aromatic N) is 1. The van der Waals surface area contributed by atoms with Crippen LogP contribution in [0, 0.1) is 0 Å². The standard InChI is InChI=1S/C19H24N2O6S2/c1-4-28(22,23)21-10-9-14-5-6-16(11-15(14)13-21)20-29(24,25)19-12-17(26-2)7-8-18(19)27-3/h5-8,11-12,20H,4,9-10,13H2,1-3H3. The van der Waals surface area contributed by atoms with E-state index in [0.29, 0.717) is 24.4 Å². The lowest BCUT2D eigenvalue weighted by molar-refractivity contribution is 0.392. The number of anilines is 1. The van der Waals surface area contributed by atoms with Crippen LogP contribution < -0.4 is 14.2 Å². The van der Waals surface area contributed by atoms with Crippen molar-refractivity contribution in [3.05, 3.63) is 47.5 Å². The number of methoxy groups -OCH3 is 2. The van der Waals surface area contributed by atoms with E-state index in [2.05, 4.69) is 4.72 Å². The fourth-order valence-corrected chi connectivity index (χ4v) is 5.52. The predicted molar refractivity (Wildman–Crippen MR) is 110 cm³/mol. The number of rotatable bonds is 7. The summed E-state index contributed by atoms with van der Waals surface area (Å²) in [6.45, 7) is 2.26. The van der Waals surface area contributed by atoms with E-state index in [-0.39, 0.29) is 22.9 Å². The van der Waals surface area contributed by atoms with E-state index in [1.807, 2.05) is 6.07 Å². The van der Waals surface area contributed by atoms with Gasteiger partial charge in [0, 0.05) is 24.8 Å². The van der Waals surface area contributed by atoms with Gasteiger partial charge in [-0.25, -0.2) is 16.8 Å². The van der Waals surface area contributed by atoms with Crippen molar-refractivity contribution in [3.8, 4) is 11.5 Å². The number of ether oxygens (including phenoxy) is 2. The fraction of sp³-hybridized carbons (Fsp3) is 0.368. The molecule has 1 aliphatic rings. The molecule has 2 aromatic rings. The van der Waals surface area contributed by atoms with Gasteiger partial charge in [0.25, 0.3) is 10.0 Å². The predicted octanol–water partition coefficient (Wildman–Crippen LogP) is 2.21. The topological polar surface area (TPSA) is 102 Å². The Morgan fingerprint density at radius 2 is 1.76 bits per heavy atom. The Labute approximate surface area is 171 Å². The van der Waals surface area contributed by atoms with Crippen molar-refractivity contribution in [1.29, 1.82) is 0 Å². The summed E-state index contributed by atoms with van der Waals surface area (Å²) in [5, 5.41) is 0. The van der Waals surface area contributed by atoms with Gasteiger partial charge < -0.3 is 9.47 Å².